The number of nitrogens with two attached hydrogens (primary N) is 1. The zero-order valence-electron chi connectivity index (χ0n) is 8.51. The van der Waals surface area contributed by atoms with E-state index in [1.807, 2.05) is 0 Å². The summed E-state index contributed by atoms with van der Waals surface area (Å²) in [5.74, 6) is 1.37. The van der Waals surface area contributed by atoms with Gasteiger partial charge in [-0.05, 0) is 12.8 Å². The first kappa shape index (κ1) is 9.34. The summed E-state index contributed by atoms with van der Waals surface area (Å²) >= 11 is 0. The molecule has 1 aliphatic rings. The Hall–Kier alpha value is -1.89. The molecule has 84 valence electrons. The van der Waals surface area contributed by atoms with Gasteiger partial charge in [0.25, 0.3) is 5.89 Å². The molecule has 0 bridgehead atoms. The normalized spacial score (nSPS) is 20.4. The Morgan fingerprint density at radius 1 is 1.50 bits per heavy atom. The van der Waals surface area contributed by atoms with Crippen molar-refractivity contribution >= 4 is 5.82 Å². The van der Waals surface area contributed by atoms with Crippen LogP contribution in [0.4, 0.5) is 5.82 Å². The second kappa shape index (κ2) is 3.60. The first-order chi connectivity index (χ1) is 7.84. The maximum Gasteiger partial charge on any atom is 0.263 e. The van der Waals surface area contributed by atoms with Crippen LogP contribution in [-0.4, -0.2) is 26.9 Å². The van der Waals surface area contributed by atoms with E-state index in [1.54, 1.807) is 6.20 Å². The molecule has 2 aromatic rings. The van der Waals surface area contributed by atoms with Crippen LogP contribution in [0.25, 0.3) is 11.5 Å². The summed E-state index contributed by atoms with van der Waals surface area (Å²) in [5.41, 5.74) is 6.28. The third-order valence-electron chi connectivity index (χ3n) is 2.56. The monoisotopic (exact) mass is 221 g/mol. The van der Waals surface area contributed by atoms with E-state index in [-0.39, 0.29) is 6.10 Å². The van der Waals surface area contributed by atoms with Crippen molar-refractivity contribution in [2.24, 2.45) is 0 Å². The van der Waals surface area contributed by atoms with Crippen LogP contribution in [0, 0.1) is 0 Å². The molecule has 1 fully saturated rings. The molecule has 0 aromatic carbocycles. The lowest BCUT2D eigenvalue weighted by Gasteiger charge is -2.00. The van der Waals surface area contributed by atoms with E-state index in [0.717, 1.165) is 19.4 Å². The Balaban J connectivity index is 1.90. The van der Waals surface area contributed by atoms with Gasteiger partial charge >= 0.3 is 0 Å². The third-order valence-corrected chi connectivity index (χ3v) is 2.56. The molecule has 0 saturated carbocycles. The minimum Gasteiger partial charge on any atom is -0.383 e. The lowest BCUT2D eigenvalue weighted by atomic mass is 10.2. The zero-order valence-corrected chi connectivity index (χ0v) is 8.51. The standard InChI is InChI=1S/C9H11N5O2/c10-7-5(4-11-13-7)9-12-8(14-16-9)6-2-1-3-15-6/h4,6H,1-3H2,(H3,10,11,13). The third kappa shape index (κ3) is 1.45. The highest BCUT2D eigenvalue weighted by Crippen LogP contribution is 2.29. The van der Waals surface area contributed by atoms with E-state index in [1.165, 1.54) is 0 Å². The molecule has 0 radical (unpaired) electrons. The van der Waals surface area contributed by atoms with Gasteiger partial charge in [-0.25, -0.2) is 0 Å². The fourth-order valence-corrected chi connectivity index (χ4v) is 1.72. The number of rotatable bonds is 2. The predicted octanol–water partition coefficient (Wildman–Crippen LogP) is 0.893. The molecule has 16 heavy (non-hydrogen) atoms. The Bertz CT molecular complexity index is 486. The fourth-order valence-electron chi connectivity index (χ4n) is 1.72. The molecule has 7 nitrogen and oxygen atoms in total. The Morgan fingerprint density at radius 2 is 2.44 bits per heavy atom. The van der Waals surface area contributed by atoms with Crippen molar-refractivity contribution < 1.29 is 9.26 Å². The maximum absolute atomic E-state index is 5.66. The molecule has 3 heterocycles. The van der Waals surface area contributed by atoms with Gasteiger partial charge in [0, 0.05) is 6.61 Å². The number of ether oxygens (including phenoxy) is 1. The number of nitrogens with one attached hydrogen (secondary N) is 1. The largest absolute Gasteiger partial charge is 0.383 e. The summed E-state index contributed by atoms with van der Waals surface area (Å²) in [4.78, 5) is 4.25. The number of nitrogens with zero attached hydrogens (tertiary/aromatic N) is 3. The van der Waals surface area contributed by atoms with Crippen LogP contribution in [0.15, 0.2) is 10.7 Å². The topological polar surface area (TPSA) is 103 Å². The summed E-state index contributed by atoms with van der Waals surface area (Å²) < 4.78 is 10.6. The number of H-pyrrole nitrogens is 1. The minimum atomic E-state index is -0.0503. The van der Waals surface area contributed by atoms with Crippen LogP contribution < -0.4 is 5.73 Å². The van der Waals surface area contributed by atoms with Crippen molar-refractivity contribution in [2.75, 3.05) is 12.3 Å². The van der Waals surface area contributed by atoms with E-state index in [0.29, 0.717) is 23.1 Å². The fraction of sp³-hybridized carbons (Fsp3) is 0.444. The Morgan fingerprint density at radius 3 is 3.12 bits per heavy atom. The van der Waals surface area contributed by atoms with Gasteiger partial charge in [-0.2, -0.15) is 10.1 Å². The SMILES string of the molecule is Nc1[nH]ncc1-c1nc(C2CCCO2)no1. The van der Waals surface area contributed by atoms with Gasteiger partial charge in [-0.3, -0.25) is 5.10 Å². The lowest BCUT2D eigenvalue weighted by molar-refractivity contribution is 0.103. The molecular formula is C9H11N5O2. The minimum absolute atomic E-state index is 0.0503. The molecular weight excluding hydrogens is 210 g/mol. The number of hydrogen-bond acceptors (Lipinski definition) is 6. The summed E-state index contributed by atoms with van der Waals surface area (Å²) in [7, 11) is 0. The van der Waals surface area contributed by atoms with Crippen molar-refractivity contribution in [1.82, 2.24) is 20.3 Å². The van der Waals surface area contributed by atoms with Gasteiger partial charge in [0.15, 0.2) is 0 Å². The second-order valence-corrected chi connectivity index (χ2v) is 3.66. The van der Waals surface area contributed by atoms with Gasteiger partial charge in [0.05, 0.1) is 6.20 Å². The number of aromatic amines is 1. The first-order valence-electron chi connectivity index (χ1n) is 5.09. The quantitative estimate of drug-likeness (QED) is 0.780. The Kier molecular flexibility index (Phi) is 2.10. The molecule has 3 N–H and O–H groups in total. The van der Waals surface area contributed by atoms with Gasteiger partial charge in [-0.15, -0.1) is 0 Å². The van der Waals surface area contributed by atoms with Gasteiger partial charge in [-0.1, -0.05) is 5.16 Å². The maximum atomic E-state index is 5.66. The zero-order chi connectivity index (χ0) is 11.0. The number of anilines is 1. The van der Waals surface area contributed by atoms with Crippen LogP contribution >= 0.6 is 0 Å². The highest BCUT2D eigenvalue weighted by atomic mass is 16.5. The van der Waals surface area contributed by atoms with Gasteiger partial charge in [0.2, 0.25) is 5.82 Å². The lowest BCUT2D eigenvalue weighted by Crippen LogP contribution is -1.97. The van der Waals surface area contributed by atoms with E-state index >= 15 is 0 Å². The highest BCUT2D eigenvalue weighted by molar-refractivity contribution is 5.65. The molecule has 2 aromatic heterocycles. The van der Waals surface area contributed by atoms with Crippen LogP contribution in [0.5, 0.6) is 0 Å². The van der Waals surface area contributed by atoms with E-state index in [9.17, 15) is 0 Å². The molecule has 1 saturated heterocycles. The van der Waals surface area contributed by atoms with E-state index in [4.69, 9.17) is 15.0 Å². The van der Waals surface area contributed by atoms with Crippen molar-refractivity contribution in [3.8, 4) is 11.5 Å². The van der Waals surface area contributed by atoms with Gasteiger partial charge < -0.3 is 15.0 Å². The molecule has 1 aliphatic heterocycles. The van der Waals surface area contributed by atoms with Crippen LogP contribution in [0.1, 0.15) is 24.8 Å². The van der Waals surface area contributed by atoms with Crippen molar-refractivity contribution in [3.63, 3.8) is 0 Å². The molecule has 0 aliphatic carbocycles. The van der Waals surface area contributed by atoms with Crippen LogP contribution in [0.3, 0.4) is 0 Å². The van der Waals surface area contributed by atoms with Gasteiger partial charge in [0.1, 0.15) is 17.5 Å². The highest BCUT2D eigenvalue weighted by Gasteiger charge is 2.24. The number of aromatic nitrogens is 4. The van der Waals surface area contributed by atoms with Crippen molar-refractivity contribution in [3.05, 3.63) is 12.0 Å². The molecule has 0 amide bonds. The summed E-state index contributed by atoms with van der Waals surface area (Å²) in [6.07, 6.45) is 3.47. The van der Waals surface area contributed by atoms with E-state index < -0.39 is 0 Å². The van der Waals surface area contributed by atoms with E-state index in [2.05, 4.69) is 20.3 Å². The summed E-state index contributed by atoms with van der Waals surface area (Å²) in [6.45, 7) is 0.752. The first-order valence-corrected chi connectivity index (χ1v) is 5.09. The molecule has 7 heteroatoms. The predicted molar refractivity (Wildman–Crippen MR) is 54.2 cm³/mol. The Labute approximate surface area is 91.0 Å². The molecule has 1 unspecified atom stereocenters. The average Bonchev–Trinajstić information content (AvgIpc) is 2.96. The number of nitrogen functional groups attached to an aromatic ring is 1. The van der Waals surface area contributed by atoms with Crippen molar-refractivity contribution in [2.45, 2.75) is 18.9 Å². The smallest absolute Gasteiger partial charge is 0.263 e. The molecule has 0 spiro atoms. The average molecular weight is 221 g/mol. The van der Waals surface area contributed by atoms with Crippen LogP contribution in [0.2, 0.25) is 0 Å². The second-order valence-electron chi connectivity index (χ2n) is 3.66. The van der Waals surface area contributed by atoms with Crippen LogP contribution in [-0.2, 0) is 4.74 Å². The number of hydrogen-bond donors (Lipinski definition) is 2. The summed E-state index contributed by atoms with van der Waals surface area (Å²) in [5, 5.41) is 10.3. The molecule has 3 rings (SSSR count). The molecule has 1 atom stereocenters. The van der Waals surface area contributed by atoms with Crippen molar-refractivity contribution in [1.29, 1.82) is 0 Å². The summed E-state index contributed by atoms with van der Waals surface area (Å²) in [6, 6.07) is 0.